The Morgan fingerprint density at radius 1 is 1.13 bits per heavy atom. The first kappa shape index (κ1) is 24.3. The van der Waals surface area contributed by atoms with Gasteiger partial charge in [-0.15, -0.1) is 12.4 Å². The molecule has 1 aromatic carbocycles. The second-order valence-electron chi connectivity index (χ2n) is 8.20. The predicted octanol–water partition coefficient (Wildman–Crippen LogP) is 5.02. The van der Waals surface area contributed by atoms with Crippen LogP contribution < -0.4 is 4.90 Å². The highest BCUT2D eigenvalue weighted by Gasteiger charge is 2.26. The first-order valence-corrected chi connectivity index (χ1v) is 10.9. The number of carbonyl (C=O) groups is 1. The Morgan fingerprint density at radius 3 is 2.40 bits per heavy atom. The average Bonchev–Trinajstić information content (AvgIpc) is 3.26. The lowest BCUT2D eigenvalue weighted by Crippen LogP contribution is -2.35. The van der Waals surface area contributed by atoms with Crippen LogP contribution in [0.1, 0.15) is 53.6 Å². The van der Waals surface area contributed by atoms with Crippen LogP contribution in [0.5, 0.6) is 0 Å². The molecular weight excluding hydrogens is 418 g/mol. The van der Waals surface area contributed by atoms with E-state index in [2.05, 4.69) is 36.0 Å². The zero-order valence-corrected chi connectivity index (χ0v) is 20.5. The molecule has 6 nitrogen and oxygen atoms in total. The van der Waals surface area contributed by atoms with Crippen LogP contribution in [0.15, 0.2) is 18.2 Å². The Hall–Kier alpha value is -1.96. The number of thiazole rings is 1. The van der Waals surface area contributed by atoms with Gasteiger partial charge in [0.15, 0.2) is 5.13 Å². The third-order valence-corrected chi connectivity index (χ3v) is 6.17. The Morgan fingerprint density at radius 2 is 1.80 bits per heavy atom. The molecule has 3 rings (SSSR count). The fraction of sp³-hybridized carbons (Fsp3) is 0.500. The largest absolute Gasteiger partial charge is 0.309 e. The Balaban J connectivity index is 0.00000320. The van der Waals surface area contributed by atoms with Crippen molar-refractivity contribution < 1.29 is 4.79 Å². The number of carbonyl (C=O) groups excluding carboxylic acids is 1. The number of anilines is 1. The van der Waals surface area contributed by atoms with Crippen LogP contribution in [-0.2, 0) is 0 Å². The summed E-state index contributed by atoms with van der Waals surface area (Å²) >= 11 is 1.60. The van der Waals surface area contributed by atoms with Crippen molar-refractivity contribution in [2.75, 3.05) is 32.1 Å². The molecule has 2 aromatic heterocycles. The molecule has 0 aliphatic heterocycles. The van der Waals surface area contributed by atoms with E-state index < -0.39 is 0 Å². The van der Waals surface area contributed by atoms with E-state index in [1.165, 1.54) is 5.56 Å². The monoisotopic (exact) mass is 449 g/mol. The molecule has 0 radical (unpaired) electrons. The van der Waals surface area contributed by atoms with Gasteiger partial charge in [-0.2, -0.15) is 5.10 Å². The molecule has 1 amide bonds. The zero-order chi connectivity index (χ0) is 21.3. The average molecular weight is 450 g/mol. The van der Waals surface area contributed by atoms with Gasteiger partial charge in [-0.25, -0.2) is 4.98 Å². The number of halogens is 1. The van der Waals surface area contributed by atoms with Gasteiger partial charge in [0.1, 0.15) is 5.69 Å². The third-order valence-electron chi connectivity index (χ3n) is 4.96. The maximum Gasteiger partial charge on any atom is 0.278 e. The van der Waals surface area contributed by atoms with Crippen molar-refractivity contribution in [3.63, 3.8) is 0 Å². The minimum Gasteiger partial charge on any atom is -0.309 e. The van der Waals surface area contributed by atoms with E-state index in [0.717, 1.165) is 39.6 Å². The van der Waals surface area contributed by atoms with E-state index in [-0.39, 0.29) is 24.4 Å². The summed E-state index contributed by atoms with van der Waals surface area (Å²) in [5.41, 5.74) is 4.79. The molecule has 0 spiro atoms. The van der Waals surface area contributed by atoms with Crippen molar-refractivity contribution >= 4 is 45.0 Å². The molecule has 0 bridgehead atoms. The van der Waals surface area contributed by atoms with Gasteiger partial charge in [0.2, 0.25) is 0 Å². The molecule has 164 valence electrons. The van der Waals surface area contributed by atoms with E-state index in [0.29, 0.717) is 12.2 Å². The molecule has 0 unspecified atom stereocenters. The molecule has 2 heterocycles. The number of hydrogen-bond acceptors (Lipinski definition) is 5. The van der Waals surface area contributed by atoms with Gasteiger partial charge < -0.3 is 4.90 Å². The van der Waals surface area contributed by atoms with Crippen LogP contribution in [0.3, 0.4) is 0 Å². The predicted molar refractivity (Wildman–Crippen MR) is 129 cm³/mol. The quantitative estimate of drug-likeness (QED) is 0.508. The number of fused-ring (bicyclic) bond motifs is 1. The lowest BCUT2D eigenvalue weighted by Gasteiger charge is -2.22. The summed E-state index contributed by atoms with van der Waals surface area (Å²) < 4.78 is 2.97. The van der Waals surface area contributed by atoms with Crippen molar-refractivity contribution in [1.29, 1.82) is 0 Å². The number of hydrogen-bond donors (Lipinski definition) is 0. The molecule has 8 heteroatoms. The van der Waals surface area contributed by atoms with Crippen LogP contribution >= 0.6 is 23.7 Å². The van der Waals surface area contributed by atoms with Gasteiger partial charge >= 0.3 is 0 Å². The van der Waals surface area contributed by atoms with Crippen LogP contribution in [-0.4, -0.2) is 52.8 Å². The van der Waals surface area contributed by atoms with E-state index >= 15 is 0 Å². The van der Waals surface area contributed by atoms with Crippen molar-refractivity contribution in [1.82, 2.24) is 19.7 Å². The molecule has 30 heavy (non-hydrogen) atoms. The van der Waals surface area contributed by atoms with E-state index in [1.807, 2.05) is 50.5 Å². The highest BCUT2D eigenvalue weighted by atomic mass is 35.5. The van der Waals surface area contributed by atoms with Crippen molar-refractivity contribution in [2.24, 2.45) is 0 Å². The molecule has 0 N–H and O–H groups in total. The second-order valence-corrected chi connectivity index (χ2v) is 9.17. The first-order valence-electron chi connectivity index (χ1n) is 10.1. The maximum absolute atomic E-state index is 13.6. The van der Waals surface area contributed by atoms with E-state index in [9.17, 15) is 4.79 Å². The summed E-state index contributed by atoms with van der Waals surface area (Å²) in [6, 6.07) is 6.21. The maximum atomic E-state index is 13.6. The lowest BCUT2D eigenvalue weighted by molar-refractivity contribution is 0.0974. The van der Waals surface area contributed by atoms with E-state index in [1.54, 1.807) is 11.3 Å². The minimum absolute atomic E-state index is 0. The topological polar surface area (TPSA) is 54.3 Å². The number of rotatable bonds is 7. The molecule has 0 aliphatic carbocycles. The number of aryl methyl sites for hydroxylation is 3. The minimum atomic E-state index is -0.0348. The highest BCUT2D eigenvalue weighted by molar-refractivity contribution is 7.22. The molecular formula is C22H32ClN5OS. The van der Waals surface area contributed by atoms with Gasteiger partial charge in [-0.3, -0.25) is 14.4 Å². The van der Waals surface area contributed by atoms with Gasteiger partial charge in [-0.1, -0.05) is 23.5 Å². The lowest BCUT2D eigenvalue weighted by atomic mass is 10.1. The van der Waals surface area contributed by atoms with Gasteiger partial charge in [0.25, 0.3) is 5.91 Å². The highest BCUT2D eigenvalue weighted by Crippen LogP contribution is 2.34. The molecule has 0 fully saturated rings. The first-order chi connectivity index (χ1) is 13.7. The second kappa shape index (κ2) is 9.90. The smallest absolute Gasteiger partial charge is 0.278 e. The van der Waals surface area contributed by atoms with Gasteiger partial charge in [-0.05, 0) is 78.9 Å². The molecule has 0 saturated heterocycles. The summed E-state index contributed by atoms with van der Waals surface area (Å²) in [5, 5.41) is 5.29. The van der Waals surface area contributed by atoms with Crippen molar-refractivity contribution in [3.8, 4) is 0 Å². The molecule has 0 aliphatic rings. The fourth-order valence-corrected chi connectivity index (χ4v) is 4.54. The van der Waals surface area contributed by atoms with Crippen molar-refractivity contribution in [2.45, 2.75) is 47.1 Å². The zero-order valence-electron chi connectivity index (χ0n) is 18.9. The standard InChI is InChI=1S/C22H31N5OS.ClH/c1-14(2)27-18(13-17(5)24-27)21(28)26(12-8-11-25(6)7)22-23-19-15(3)9-10-16(4)20(19)29-22;/h9-10,13-14H,8,11-12H2,1-7H3;1H. The number of amides is 1. The number of benzene rings is 1. The summed E-state index contributed by atoms with van der Waals surface area (Å²) in [7, 11) is 4.10. The summed E-state index contributed by atoms with van der Waals surface area (Å²) in [6.45, 7) is 11.7. The SMILES string of the molecule is Cc1cc(C(=O)N(CCCN(C)C)c2nc3c(C)ccc(C)c3s2)n(C(C)C)n1.Cl. The molecule has 3 aromatic rings. The summed E-state index contributed by atoms with van der Waals surface area (Å²) in [4.78, 5) is 22.5. The van der Waals surface area contributed by atoms with Crippen molar-refractivity contribution in [3.05, 3.63) is 40.7 Å². The van der Waals surface area contributed by atoms with Crippen LogP contribution in [0.2, 0.25) is 0 Å². The van der Waals surface area contributed by atoms with Crippen LogP contribution in [0.25, 0.3) is 10.2 Å². The third kappa shape index (κ3) is 5.02. The normalized spacial score (nSPS) is 11.4. The van der Waals surface area contributed by atoms with Gasteiger partial charge in [0, 0.05) is 12.6 Å². The Bertz CT molecular complexity index is 985. The van der Waals surface area contributed by atoms with Gasteiger partial charge in [0.05, 0.1) is 15.9 Å². The summed E-state index contributed by atoms with van der Waals surface area (Å²) in [6.07, 6.45) is 0.876. The number of nitrogens with zero attached hydrogens (tertiary/aromatic N) is 5. The van der Waals surface area contributed by atoms with Crippen LogP contribution in [0, 0.1) is 20.8 Å². The van der Waals surface area contributed by atoms with E-state index in [4.69, 9.17) is 4.98 Å². The fourth-order valence-electron chi connectivity index (χ4n) is 3.40. The van der Waals surface area contributed by atoms with Crippen LogP contribution in [0.4, 0.5) is 5.13 Å². The summed E-state index contributed by atoms with van der Waals surface area (Å²) in [5.74, 6) is -0.0348. The Kier molecular flexibility index (Phi) is 8.02. The molecule has 0 saturated carbocycles. The number of aromatic nitrogens is 3. The molecule has 0 atom stereocenters. The Labute approximate surface area is 189 Å².